The van der Waals surface area contributed by atoms with E-state index in [9.17, 15) is 0 Å². The Labute approximate surface area is 71.1 Å². The average molecular weight is 211 g/mol. The van der Waals surface area contributed by atoms with Gasteiger partial charge in [0.05, 0.1) is 11.8 Å². The highest BCUT2D eigenvalue weighted by Crippen LogP contribution is 1.60. The van der Waals surface area contributed by atoms with Gasteiger partial charge in [-0.05, 0) is 0 Å². The molecule has 0 atom stereocenters. The zero-order valence-corrected chi connectivity index (χ0v) is 6.89. The first-order valence-corrected chi connectivity index (χ1v) is 0.690. The highest BCUT2D eigenvalue weighted by Gasteiger charge is 1.26. The standard InChI is InChI=1S/ClNO.4ClH/c1-2-3;;;;/h;4*1H. The van der Waals surface area contributed by atoms with E-state index in [1.54, 1.807) is 4.70 Å². The van der Waals surface area contributed by atoms with Crippen LogP contribution in [0.2, 0.25) is 0 Å². The van der Waals surface area contributed by atoms with Crippen molar-refractivity contribution in [3.63, 3.8) is 0 Å². The van der Waals surface area contributed by atoms with Crippen molar-refractivity contribution >= 4 is 61.4 Å². The predicted molar refractivity (Wildman–Crippen MR) is 40.6 cm³/mol. The first-order chi connectivity index (χ1) is 1.41. The van der Waals surface area contributed by atoms with Gasteiger partial charge in [-0.3, -0.25) is 0 Å². The summed E-state index contributed by atoms with van der Waals surface area (Å²) in [6, 6.07) is 0. The number of hydrogen-bond acceptors (Lipinski definition) is 2. The van der Waals surface area contributed by atoms with E-state index in [4.69, 9.17) is 4.91 Å². The molecule has 0 aromatic rings. The fourth-order valence-corrected chi connectivity index (χ4v) is 0. The summed E-state index contributed by atoms with van der Waals surface area (Å²) in [4.78, 5) is 8.32. The maximum Gasteiger partial charge on any atom is 0.0835 e. The summed E-state index contributed by atoms with van der Waals surface area (Å²) in [5.74, 6) is 0. The number of nitrogens with zero attached hydrogens (tertiary/aromatic N) is 1. The molecule has 0 saturated carbocycles. The Morgan fingerprint density at radius 2 is 1.00 bits per heavy atom. The smallest absolute Gasteiger partial charge is 0.0835 e. The molecule has 7 heteroatoms. The molecule has 0 unspecified atom stereocenters. The molecule has 2 nitrogen and oxygen atoms in total. The molecule has 0 saturated heterocycles. The lowest BCUT2D eigenvalue weighted by Crippen LogP contribution is -0.941. The molecule has 0 aliphatic rings. The third-order valence-corrected chi connectivity index (χ3v) is 0. The zero-order valence-electron chi connectivity index (χ0n) is 2.87. The zero-order chi connectivity index (χ0) is 2.71. The van der Waals surface area contributed by atoms with Crippen LogP contribution in [0.5, 0.6) is 0 Å². The summed E-state index contributed by atoms with van der Waals surface area (Å²) in [6.07, 6.45) is 0. The van der Waals surface area contributed by atoms with Gasteiger partial charge in [0.2, 0.25) is 0 Å². The normalized spacial score (nSPS) is 1.86. The van der Waals surface area contributed by atoms with Crippen molar-refractivity contribution in [3.8, 4) is 0 Å². The topological polar surface area (TPSA) is 29.4 Å². The van der Waals surface area contributed by atoms with Crippen LogP contribution in [0, 0.1) is 4.91 Å². The number of hydrogen-bond donors (Lipinski definition) is 0. The number of halogens is 5. The van der Waals surface area contributed by atoms with Crippen molar-refractivity contribution in [1.29, 1.82) is 0 Å². The van der Waals surface area contributed by atoms with Crippen LogP contribution in [0.4, 0.5) is 0 Å². The summed E-state index contributed by atoms with van der Waals surface area (Å²) >= 11 is 4.07. The maximum absolute atomic E-state index is 8.32. The molecular weight excluding hydrogens is 207 g/mol. The van der Waals surface area contributed by atoms with Crippen LogP contribution >= 0.6 is 61.4 Å². The molecule has 0 aliphatic carbocycles. The molecule has 0 aromatic carbocycles. The average Bonchev–Trinajstić information content (AvgIpc) is 0.918. The molecule has 0 bridgehead atoms. The van der Waals surface area contributed by atoms with Crippen molar-refractivity contribution in [2.45, 2.75) is 0 Å². The summed E-state index contributed by atoms with van der Waals surface area (Å²) in [7, 11) is 0. The van der Waals surface area contributed by atoms with Gasteiger partial charge in [-0.25, -0.2) is 0 Å². The van der Waals surface area contributed by atoms with Gasteiger partial charge in [-0.2, -0.15) is 0 Å². The maximum atomic E-state index is 8.32. The van der Waals surface area contributed by atoms with Crippen LogP contribution in [-0.2, 0) is 0 Å². The number of rotatable bonds is 0. The first-order valence-electron chi connectivity index (χ1n) is 0.352. The lowest BCUT2D eigenvalue weighted by Gasteiger charge is -1.20. The molecule has 0 spiro atoms. The molecule has 7 heavy (non-hydrogen) atoms. The molecule has 50 valence electrons. The second kappa shape index (κ2) is 61.4. The summed E-state index contributed by atoms with van der Waals surface area (Å²) in [6.45, 7) is 0. The Hall–Kier alpha value is 1.05. The first kappa shape index (κ1) is 43.0. The highest BCUT2D eigenvalue weighted by molar-refractivity contribution is 6.14. The van der Waals surface area contributed by atoms with Crippen LogP contribution in [-0.4, -0.2) is 0 Å². The highest BCUT2D eigenvalue weighted by atomic mass is 35.5. The van der Waals surface area contributed by atoms with E-state index < -0.39 is 0 Å². The van der Waals surface area contributed by atoms with Gasteiger partial charge < -0.3 is 0 Å². The molecule has 0 heterocycles. The van der Waals surface area contributed by atoms with Gasteiger partial charge in [0.25, 0.3) is 0 Å². The lowest BCUT2D eigenvalue weighted by atomic mass is 13.7. The van der Waals surface area contributed by atoms with Crippen LogP contribution < -0.4 is 0 Å². The van der Waals surface area contributed by atoms with Crippen LogP contribution in [0.15, 0.2) is 4.70 Å². The van der Waals surface area contributed by atoms with Crippen LogP contribution in [0.3, 0.4) is 0 Å². The molecular formula is H4Cl5NO. The van der Waals surface area contributed by atoms with E-state index in [1.807, 2.05) is 0 Å². The fourth-order valence-electron chi connectivity index (χ4n) is 0. The Morgan fingerprint density at radius 1 is 1.00 bits per heavy atom. The Morgan fingerprint density at radius 3 is 1.00 bits per heavy atom. The van der Waals surface area contributed by atoms with E-state index in [1.165, 1.54) is 0 Å². The molecule has 0 aliphatic heterocycles. The SMILES string of the molecule is Cl.Cl.Cl.Cl.O=NCl. The van der Waals surface area contributed by atoms with E-state index in [0.717, 1.165) is 0 Å². The Kier molecular flexibility index (Phi) is 377. The molecule has 0 radical (unpaired) electrons. The van der Waals surface area contributed by atoms with Gasteiger partial charge in [0.1, 0.15) is 0 Å². The summed E-state index contributed by atoms with van der Waals surface area (Å²) in [5.41, 5.74) is 0. The van der Waals surface area contributed by atoms with Crippen molar-refractivity contribution in [2.75, 3.05) is 0 Å². The lowest BCUT2D eigenvalue weighted by molar-refractivity contribution is 1.85. The van der Waals surface area contributed by atoms with E-state index in [2.05, 4.69) is 11.8 Å². The molecule has 0 rings (SSSR count). The van der Waals surface area contributed by atoms with Crippen LogP contribution in [0.25, 0.3) is 0 Å². The molecule has 0 amide bonds. The van der Waals surface area contributed by atoms with Crippen molar-refractivity contribution in [3.05, 3.63) is 4.91 Å². The van der Waals surface area contributed by atoms with Crippen molar-refractivity contribution in [2.24, 2.45) is 4.70 Å². The number of nitroso groups, excluding NO2 is 1. The van der Waals surface area contributed by atoms with E-state index >= 15 is 0 Å². The molecule has 0 N–H and O–H groups in total. The van der Waals surface area contributed by atoms with Gasteiger partial charge in [0, 0.05) is 4.70 Å². The van der Waals surface area contributed by atoms with Gasteiger partial charge in [-0.1, -0.05) is 0 Å². The monoisotopic (exact) mass is 209 g/mol. The minimum atomic E-state index is 0. The third kappa shape index (κ3) is 163. The fraction of sp³-hybridized carbons (Fsp3) is 0. The van der Waals surface area contributed by atoms with E-state index in [0.29, 0.717) is 0 Å². The van der Waals surface area contributed by atoms with Crippen LogP contribution in [0.1, 0.15) is 0 Å². The minimum Gasteiger partial charge on any atom is -0.147 e. The quantitative estimate of drug-likeness (QED) is 0.566. The van der Waals surface area contributed by atoms with Gasteiger partial charge >= 0.3 is 0 Å². The Bertz CT molecular complexity index is 15.6. The summed E-state index contributed by atoms with van der Waals surface area (Å²) in [5, 5.41) is 0. The molecule has 0 aromatic heterocycles. The van der Waals surface area contributed by atoms with Gasteiger partial charge in [0.15, 0.2) is 0 Å². The van der Waals surface area contributed by atoms with Gasteiger partial charge in [-0.15, -0.1) is 54.5 Å². The second-order valence-electron chi connectivity index (χ2n) is 0.0690. The predicted octanol–water partition coefficient (Wildman–Crippen LogP) is 2.59. The molecule has 0 fully saturated rings. The third-order valence-electron chi connectivity index (χ3n) is 0. The summed E-state index contributed by atoms with van der Waals surface area (Å²) < 4.78 is 1.72. The second-order valence-corrected chi connectivity index (χ2v) is 0.207. The van der Waals surface area contributed by atoms with E-state index in [-0.39, 0.29) is 49.6 Å². The largest absolute Gasteiger partial charge is 0.147 e. The van der Waals surface area contributed by atoms with Crippen molar-refractivity contribution in [1.82, 2.24) is 0 Å². The van der Waals surface area contributed by atoms with Crippen molar-refractivity contribution < 1.29 is 0 Å². The minimum absolute atomic E-state index is 0. The Balaban J connectivity index is -0.00000000333.